The molecule has 0 aliphatic heterocycles. The average Bonchev–Trinajstić information content (AvgIpc) is 2.79. The Labute approximate surface area is 204 Å². The Kier molecular flexibility index (Phi) is 8.47. The van der Waals surface area contributed by atoms with Crippen molar-refractivity contribution in [2.75, 3.05) is 11.9 Å². The van der Waals surface area contributed by atoms with Gasteiger partial charge >= 0.3 is 0 Å². The topological polar surface area (TPSA) is 71.3 Å². The number of nitriles is 1. The molecule has 8 heteroatoms. The van der Waals surface area contributed by atoms with Gasteiger partial charge in [-0.15, -0.1) is 0 Å². The number of rotatable bonds is 8. The molecule has 3 aromatic rings. The van der Waals surface area contributed by atoms with Gasteiger partial charge in [0.05, 0.1) is 11.1 Å². The maximum absolute atomic E-state index is 13.9. The molecular weight excluding hydrogens is 511 g/mol. The first kappa shape index (κ1) is 24.3. The maximum Gasteiger partial charge on any atom is 0.266 e. The summed E-state index contributed by atoms with van der Waals surface area (Å²) in [5.41, 5.74) is 1.37. The minimum absolute atomic E-state index is 0.00742. The summed E-state index contributed by atoms with van der Waals surface area (Å²) in [7, 11) is 0. The molecule has 0 unspecified atom stereocenters. The lowest BCUT2D eigenvalue weighted by molar-refractivity contribution is -0.112. The first-order valence-electron chi connectivity index (χ1n) is 9.92. The second-order valence-corrected chi connectivity index (χ2v) is 8.06. The van der Waals surface area contributed by atoms with Crippen LogP contribution in [0.3, 0.4) is 0 Å². The van der Waals surface area contributed by atoms with Gasteiger partial charge in [0, 0.05) is 16.3 Å². The number of amides is 1. The molecule has 0 aliphatic rings. The molecular formula is C25H19BrClFN2O3. The van der Waals surface area contributed by atoms with Crippen LogP contribution in [0.5, 0.6) is 11.5 Å². The van der Waals surface area contributed by atoms with E-state index in [1.807, 2.05) is 13.0 Å². The largest absolute Gasteiger partial charge is 0.490 e. The number of carbonyl (C=O) groups is 1. The van der Waals surface area contributed by atoms with Crippen LogP contribution in [0.2, 0.25) is 5.02 Å². The smallest absolute Gasteiger partial charge is 0.266 e. The van der Waals surface area contributed by atoms with E-state index < -0.39 is 5.91 Å². The third-order valence-electron chi connectivity index (χ3n) is 4.44. The predicted octanol–water partition coefficient (Wildman–Crippen LogP) is 6.76. The maximum atomic E-state index is 13.9. The fourth-order valence-corrected chi connectivity index (χ4v) is 3.59. The normalized spacial score (nSPS) is 10.9. The van der Waals surface area contributed by atoms with Crippen LogP contribution in [0.1, 0.15) is 18.1 Å². The number of hydrogen-bond donors (Lipinski definition) is 1. The number of hydrogen-bond acceptors (Lipinski definition) is 4. The van der Waals surface area contributed by atoms with Gasteiger partial charge in [-0.1, -0.05) is 29.8 Å². The van der Waals surface area contributed by atoms with Crippen LogP contribution in [0.4, 0.5) is 10.1 Å². The second-order valence-electron chi connectivity index (χ2n) is 6.77. The minimum Gasteiger partial charge on any atom is -0.490 e. The molecule has 0 aromatic heterocycles. The SMILES string of the molecule is CCOc1cc(/C=C(\C#N)C(=O)Nc2ccc(Cl)cc2)cc(Br)c1OCc1ccccc1F. The van der Waals surface area contributed by atoms with Crippen molar-refractivity contribution in [1.29, 1.82) is 5.26 Å². The summed E-state index contributed by atoms with van der Waals surface area (Å²) < 4.78 is 26.0. The van der Waals surface area contributed by atoms with Crippen molar-refractivity contribution in [2.45, 2.75) is 13.5 Å². The fourth-order valence-electron chi connectivity index (χ4n) is 2.89. The molecule has 3 aromatic carbocycles. The third kappa shape index (κ3) is 6.58. The summed E-state index contributed by atoms with van der Waals surface area (Å²) in [6.07, 6.45) is 1.44. The van der Waals surface area contributed by atoms with Gasteiger partial charge in [0.2, 0.25) is 0 Å². The Morgan fingerprint density at radius 1 is 1.18 bits per heavy atom. The molecule has 0 aliphatic carbocycles. The van der Waals surface area contributed by atoms with E-state index in [4.69, 9.17) is 21.1 Å². The number of ether oxygens (including phenoxy) is 2. The first-order valence-corrected chi connectivity index (χ1v) is 11.1. The summed E-state index contributed by atoms with van der Waals surface area (Å²) in [5, 5.41) is 12.7. The zero-order valence-corrected chi connectivity index (χ0v) is 19.9. The summed E-state index contributed by atoms with van der Waals surface area (Å²) >= 11 is 9.30. The molecule has 0 heterocycles. The Balaban J connectivity index is 1.85. The molecule has 0 saturated carbocycles. The lowest BCUT2D eigenvalue weighted by atomic mass is 10.1. The van der Waals surface area contributed by atoms with Gasteiger partial charge in [-0.25, -0.2) is 4.39 Å². The predicted molar refractivity (Wildman–Crippen MR) is 130 cm³/mol. The van der Waals surface area contributed by atoms with E-state index in [9.17, 15) is 14.4 Å². The number of halogens is 3. The Bertz CT molecular complexity index is 1220. The van der Waals surface area contributed by atoms with Gasteiger partial charge in [-0.2, -0.15) is 5.26 Å². The second kappa shape index (κ2) is 11.5. The van der Waals surface area contributed by atoms with E-state index in [1.54, 1.807) is 54.6 Å². The quantitative estimate of drug-likeness (QED) is 0.258. The van der Waals surface area contributed by atoms with Crippen LogP contribution in [0.15, 0.2) is 70.7 Å². The van der Waals surface area contributed by atoms with Crippen LogP contribution in [0.25, 0.3) is 6.08 Å². The van der Waals surface area contributed by atoms with Crippen molar-refractivity contribution >= 4 is 45.2 Å². The molecule has 168 valence electrons. The average molecular weight is 530 g/mol. The molecule has 0 fully saturated rings. The van der Waals surface area contributed by atoms with Crippen molar-refractivity contribution in [2.24, 2.45) is 0 Å². The number of benzene rings is 3. The van der Waals surface area contributed by atoms with Crippen molar-refractivity contribution in [3.05, 3.63) is 92.7 Å². The molecule has 1 N–H and O–H groups in total. The molecule has 1 amide bonds. The van der Waals surface area contributed by atoms with E-state index in [1.165, 1.54) is 12.1 Å². The summed E-state index contributed by atoms with van der Waals surface area (Å²) in [5.74, 6) is -0.142. The first-order chi connectivity index (χ1) is 15.9. The molecule has 33 heavy (non-hydrogen) atoms. The van der Waals surface area contributed by atoms with E-state index >= 15 is 0 Å². The molecule has 0 bridgehead atoms. The van der Waals surface area contributed by atoms with E-state index in [0.717, 1.165) is 0 Å². The molecule has 0 atom stereocenters. The highest BCUT2D eigenvalue weighted by atomic mass is 79.9. The lowest BCUT2D eigenvalue weighted by Crippen LogP contribution is -2.13. The van der Waals surface area contributed by atoms with Gasteiger partial charge in [-0.3, -0.25) is 4.79 Å². The zero-order valence-electron chi connectivity index (χ0n) is 17.6. The van der Waals surface area contributed by atoms with Crippen LogP contribution in [0, 0.1) is 17.1 Å². The van der Waals surface area contributed by atoms with Crippen molar-refractivity contribution in [3.63, 3.8) is 0 Å². The Morgan fingerprint density at radius 3 is 2.58 bits per heavy atom. The van der Waals surface area contributed by atoms with Gasteiger partial charge < -0.3 is 14.8 Å². The van der Waals surface area contributed by atoms with E-state index in [-0.39, 0.29) is 18.0 Å². The summed E-state index contributed by atoms with van der Waals surface area (Å²) in [6.45, 7) is 2.18. The number of nitrogens with one attached hydrogen (secondary N) is 1. The minimum atomic E-state index is -0.561. The lowest BCUT2D eigenvalue weighted by Gasteiger charge is -2.15. The van der Waals surface area contributed by atoms with Gasteiger partial charge in [-0.05, 0) is 77.0 Å². The highest BCUT2D eigenvalue weighted by molar-refractivity contribution is 9.10. The van der Waals surface area contributed by atoms with Crippen LogP contribution in [-0.4, -0.2) is 12.5 Å². The number of nitrogens with zero attached hydrogens (tertiary/aromatic N) is 1. The molecule has 0 radical (unpaired) electrons. The number of anilines is 1. The van der Waals surface area contributed by atoms with Gasteiger partial charge in [0.15, 0.2) is 11.5 Å². The van der Waals surface area contributed by atoms with Crippen molar-refractivity contribution in [1.82, 2.24) is 0 Å². The number of carbonyl (C=O) groups excluding carboxylic acids is 1. The Hall–Kier alpha value is -3.34. The van der Waals surface area contributed by atoms with Gasteiger partial charge in [0.1, 0.15) is 24.1 Å². The third-order valence-corrected chi connectivity index (χ3v) is 5.28. The monoisotopic (exact) mass is 528 g/mol. The standard InChI is InChI=1S/C25H19BrClFN2O3/c1-2-32-23-13-16(11-18(14-29)25(31)30-20-9-7-19(27)8-10-20)12-21(26)24(23)33-15-17-5-3-4-6-22(17)28/h3-13H,2,15H2,1H3,(H,30,31)/b18-11+. The highest BCUT2D eigenvalue weighted by Gasteiger charge is 2.15. The van der Waals surface area contributed by atoms with Crippen LogP contribution >= 0.6 is 27.5 Å². The molecule has 0 saturated heterocycles. The van der Waals surface area contributed by atoms with E-state index in [0.29, 0.717) is 44.4 Å². The van der Waals surface area contributed by atoms with Crippen LogP contribution < -0.4 is 14.8 Å². The fraction of sp³-hybridized carbons (Fsp3) is 0.120. The van der Waals surface area contributed by atoms with Crippen molar-refractivity contribution in [3.8, 4) is 17.6 Å². The summed E-state index contributed by atoms with van der Waals surface area (Å²) in [4.78, 5) is 12.5. The van der Waals surface area contributed by atoms with Crippen LogP contribution in [-0.2, 0) is 11.4 Å². The highest BCUT2D eigenvalue weighted by Crippen LogP contribution is 2.38. The van der Waals surface area contributed by atoms with Gasteiger partial charge in [0.25, 0.3) is 5.91 Å². The van der Waals surface area contributed by atoms with E-state index in [2.05, 4.69) is 21.2 Å². The summed E-state index contributed by atoms with van der Waals surface area (Å²) in [6, 6.07) is 18.1. The molecule has 5 nitrogen and oxygen atoms in total. The molecule has 0 spiro atoms. The van der Waals surface area contributed by atoms with Crippen molar-refractivity contribution < 1.29 is 18.7 Å². The zero-order chi connectivity index (χ0) is 23.8. The molecule has 3 rings (SSSR count). The Morgan fingerprint density at radius 2 is 1.91 bits per heavy atom.